The summed E-state index contributed by atoms with van der Waals surface area (Å²) in [5.41, 5.74) is 2.43. The molecule has 4 heteroatoms. The maximum atomic E-state index is 9.19. The van der Waals surface area contributed by atoms with Crippen molar-refractivity contribution in [2.45, 2.75) is 12.1 Å². The molecule has 0 aromatic carbocycles. The van der Waals surface area contributed by atoms with Gasteiger partial charge in [0.1, 0.15) is 0 Å². The van der Waals surface area contributed by atoms with Crippen LogP contribution in [0.4, 0.5) is 0 Å². The summed E-state index contributed by atoms with van der Waals surface area (Å²) in [6, 6.07) is -0.265. The molecule has 0 saturated carbocycles. The van der Waals surface area contributed by atoms with Gasteiger partial charge in [-0.05, 0) is 12.2 Å². The van der Waals surface area contributed by atoms with E-state index in [0.29, 0.717) is 0 Å². The van der Waals surface area contributed by atoms with E-state index in [1.54, 1.807) is 6.08 Å². The van der Waals surface area contributed by atoms with E-state index in [0.717, 1.165) is 0 Å². The Hall–Kier alpha value is -0.840. The number of aliphatic hydroxyl groups excluding tert-OH is 1. The number of hydrogen-bond acceptors (Lipinski definition) is 4. The fourth-order valence-corrected chi connectivity index (χ4v) is 0.689. The monoisotopic (exact) mass is 142 g/mol. The van der Waals surface area contributed by atoms with Crippen LogP contribution in [0.25, 0.3) is 0 Å². The van der Waals surface area contributed by atoms with Crippen LogP contribution in [-0.4, -0.2) is 17.3 Å². The van der Waals surface area contributed by atoms with Crippen LogP contribution in [0.3, 0.4) is 0 Å². The average Bonchev–Trinajstić information content (AvgIpc) is 2.13. The molecule has 0 radical (unpaired) electrons. The molecule has 0 bridgehead atoms. The Morgan fingerprint density at radius 2 is 2.10 bits per heavy atom. The minimum absolute atomic E-state index is 0.265. The molecule has 0 aliphatic carbocycles. The molecule has 0 spiro atoms. The van der Waals surface area contributed by atoms with E-state index >= 15 is 0 Å². The van der Waals surface area contributed by atoms with E-state index in [1.807, 2.05) is 0 Å². The third kappa shape index (κ3) is 1.57. The van der Waals surface area contributed by atoms with Crippen molar-refractivity contribution in [2.24, 2.45) is 5.84 Å². The van der Waals surface area contributed by atoms with E-state index in [1.165, 1.54) is 18.6 Å². The summed E-state index contributed by atoms with van der Waals surface area (Å²) in [4.78, 5) is 0. The van der Waals surface area contributed by atoms with Crippen molar-refractivity contribution in [1.82, 2.24) is 5.43 Å². The Morgan fingerprint density at radius 3 is 2.80 bits per heavy atom. The van der Waals surface area contributed by atoms with Gasteiger partial charge in [0.25, 0.3) is 0 Å². The quantitative estimate of drug-likeness (QED) is 0.332. The minimum atomic E-state index is -0.622. The lowest BCUT2D eigenvalue weighted by molar-refractivity contribution is 0.192. The molecule has 1 rings (SSSR count). The van der Waals surface area contributed by atoms with Gasteiger partial charge in [-0.2, -0.15) is 0 Å². The molecule has 0 fully saturated rings. The van der Waals surface area contributed by atoms with Gasteiger partial charge in [-0.3, -0.25) is 11.3 Å². The fourth-order valence-electron chi connectivity index (χ4n) is 0.689. The first-order chi connectivity index (χ1) is 4.84. The van der Waals surface area contributed by atoms with Gasteiger partial charge in [0.2, 0.25) is 0 Å². The fraction of sp³-hybridized carbons (Fsp3) is 0.333. The van der Waals surface area contributed by atoms with Crippen molar-refractivity contribution in [2.75, 3.05) is 0 Å². The summed E-state index contributed by atoms with van der Waals surface area (Å²) in [7, 11) is 0. The van der Waals surface area contributed by atoms with Crippen molar-refractivity contribution >= 4 is 0 Å². The molecule has 56 valence electrons. The van der Waals surface area contributed by atoms with Crippen molar-refractivity contribution in [1.29, 1.82) is 0 Å². The average molecular weight is 142 g/mol. The highest BCUT2D eigenvalue weighted by atomic mass is 16.5. The third-order valence-electron chi connectivity index (χ3n) is 1.28. The largest absolute Gasteiger partial charge is 0.473 e. The van der Waals surface area contributed by atoms with Gasteiger partial charge in [-0.1, -0.05) is 0 Å². The zero-order valence-corrected chi connectivity index (χ0v) is 5.40. The highest BCUT2D eigenvalue weighted by Gasteiger charge is 2.12. The molecular weight excluding hydrogens is 132 g/mol. The lowest BCUT2D eigenvalue weighted by Gasteiger charge is -2.12. The predicted octanol–water partition coefficient (Wildman–Crippen LogP) is -0.763. The lowest BCUT2D eigenvalue weighted by atomic mass is 10.2. The van der Waals surface area contributed by atoms with Gasteiger partial charge in [0.15, 0.2) is 0 Å². The Balaban J connectivity index is 2.60. The first kappa shape index (κ1) is 7.27. The summed E-state index contributed by atoms with van der Waals surface area (Å²) in [6.45, 7) is 0. The van der Waals surface area contributed by atoms with E-state index < -0.39 is 6.10 Å². The summed E-state index contributed by atoms with van der Waals surface area (Å²) >= 11 is 0. The molecule has 1 aliphatic heterocycles. The Bertz CT molecular complexity index is 156. The van der Waals surface area contributed by atoms with Gasteiger partial charge < -0.3 is 9.84 Å². The van der Waals surface area contributed by atoms with Crippen LogP contribution in [0, 0.1) is 0 Å². The maximum absolute atomic E-state index is 9.19. The molecule has 4 nitrogen and oxygen atoms in total. The topological polar surface area (TPSA) is 67.5 Å². The Kier molecular flexibility index (Phi) is 2.44. The lowest BCUT2D eigenvalue weighted by Crippen LogP contribution is -2.41. The SMILES string of the molecule is NNC1C=COC=CC1O. The standard InChI is InChI=1S/C6H10N2O2/c7-8-5-1-3-10-4-2-6(5)9/h1-6,8-9H,7H2. The number of ether oxygens (including phenoxy) is 1. The van der Waals surface area contributed by atoms with Crippen LogP contribution in [0.1, 0.15) is 0 Å². The zero-order chi connectivity index (χ0) is 7.40. The molecule has 0 saturated heterocycles. The van der Waals surface area contributed by atoms with Crippen LogP contribution in [0.15, 0.2) is 24.7 Å². The van der Waals surface area contributed by atoms with Crippen LogP contribution in [-0.2, 0) is 4.74 Å². The highest BCUT2D eigenvalue weighted by molar-refractivity contribution is 5.04. The Morgan fingerprint density at radius 1 is 1.40 bits per heavy atom. The summed E-state index contributed by atoms with van der Waals surface area (Å²) in [5, 5.41) is 9.19. The molecule has 2 unspecified atom stereocenters. The summed E-state index contributed by atoms with van der Waals surface area (Å²) in [6.07, 6.45) is 5.43. The molecular formula is C6H10N2O2. The second-order valence-electron chi connectivity index (χ2n) is 1.98. The minimum Gasteiger partial charge on any atom is -0.473 e. The van der Waals surface area contributed by atoms with E-state index in [-0.39, 0.29) is 6.04 Å². The van der Waals surface area contributed by atoms with E-state index in [9.17, 15) is 5.11 Å². The molecule has 0 aromatic rings. The van der Waals surface area contributed by atoms with Crippen LogP contribution < -0.4 is 11.3 Å². The first-order valence-electron chi connectivity index (χ1n) is 2.97. The molecule has 2 atom stereocenters. The van der Waals surface area contributed by atoms with Gasteiger partial charge >= 0.3 is 0 Å². The zero-order valence-electron chi connectivity index (χ0n) is 5.40. The van der Waals surface area contributed by atoms with Crippen LogP contribution in [0.2, 0.25) is 0 Å². The van der Waals surface area contributed by atoms with Gasteiger partial charge in [0.05, 0.1) is 24.7 Å². The number of nitrogens with two attached hydrogens (primary N) is 1. The maximum Gasteiger partial charge on any atom is 0.0956 e. The third-order valence-corrected chi connectivity index (χ3v) is 1.28. The highest BCUT2D eigenvalue weighted by Crippen LogP contribution is 2.01. The molecule has 0 aromatic heterocycles. The summed E-state index contributed by atoms with van der Waals surface area (Å²) in [5.74, 6) is 5.11. The van der Waals surface area contributed by atoms with Crippen molar-refractivity contribution in [3.63, 3.8) is 0 Å². The Labute approximate surface area is 58.9 Å². The van der Waals surface area contributed by atoms with Gasteiger partial charge in [0, 0.05) is 0 Å². The number of aliphatic hydroxyl groups is 1. The predicted molar refractivity (Wildman–Crippen MR) is 36.5 cm³/mol. The van der Waals surface area contributed by atoms with E-state index in [4.69, 9.17) is 10.6 Å². The summed E-state index contributed by atoms with van der Waals surface area (Å²) < 4.78 is 4.78. The van der Waals surface area contributed by atoms with Crippen LogP contribution in [0.5, 0.6) is 0 Å². The van der Waals surface area contributed by atoms with Crippen molar-refractivity contribution < 1.29 is 9.84 Å². The number of hydrogen-bond donors (Lipinski definition) is 3. The van der Waals surface area contributed by atoms with Crippen LogP contribution >= 0.6 is 0 Å². The molecule has 4 N–H and O–H groups in total. The molecule has 10 heavy (non-hydrogen) atoms. The second-order valence-corrected chi connectivity index (χ2v) is 1.98. The first-order valence-corrected chi connectivity index (χ1v) is 2.97. The second kappa shape index (κ2) is 3.36. The van der Waals surface area contributed by atoms with Crippen molar-refractivity contribution in [3.8, 4) is 0 Å². The molecule has 1 heterocycles. The molecule has 0 amide bonds. The smallest absolute Gasteiger partial charge is 0.0956 e. The number of rotatable bonds is 1. The van der Waals surface area contributed by atoms with Gasteiger partial charge in [-0.15, -0.1) is 0 Å². The molecule has 1 aliphatic rings. The number of hydrazine groups is 1. The number of nitrogens with one attached hydrogen (secondary N) is 1. The van der Waals surface area contributed by atoms with Crippen molar-refractivity contribution in [3.05, 3.63) is 24.7 Å². The van der Waals surface area contributed by atoms with E-state index in [2.05, 4.69) is 5.43 Å². The normalized spacial score (nSPS) is 31.4. The van der Waals surface area contributed by atoms with Gasteiger partial charge in [-0.25, -0.2) is 0 Å².